The van der Waals surface area contributed by atoms with Gasteiger partial charge in [0.2, 0.25) is 0 Å². The number of hydrogen-bond donors (Lipinski definition) is 0. The molecule has 0 N–H and O–H groups in total. The van der Waals surface area contributed by atoms with Gasteiger partial charge in [-0.25, -0.2) is 0 Å². The van der Waals surface area contributed by atoms with E-state index < -0.39 is 0 Å². The molecule has 116 valence electrons. The van der Waals surface area contributed by atoms with E-state index in [1.165, 1.54) is 11.1 Å². The van der Waals surface area contributed by atoms with Crippen molar-refractivity contribution >= 4 is 5.78 Å². The lowest BCUT2D eigenvalue weighted by Gasteiger charge is -2.16. The third kappa shape index (κ3) is 2.99. The van der Waals surface area contributed by atoms with E-state index in [1.54, 1.807) is 0 Å². The average molecular weight is 303 g/mol. The summed E-state index contributed by atoms with van der Waals surface area (Å²) in [5.74, 6) is 0.955. The monoisotopic (exact) mass is 303 g/mol. The van der Waals surface area contributed by atoms with Gasteiger partial charge >= 0.3 is 0 Å². The normalized spacial score (nSPS) is 23.8. The molecule has 0 bridgehead atoms. The zero-order valence-corrected chi connectivity index (χ0v) is 13.2. The van der Waals surface area contributed by atoms with Crippen molar-refractivity contribution in [1.29, 1.82) is 0 Å². The van der Waals surface area contributed by atoms with Gasteiger partial charge in [-0.1, -0.05) is 66.7 Å². The molecule has 0 aromatic heterocycles. The number of nitrogens with zero attached hydrogens (tertiary/aromatic N) is 1. The molecule has 2 aromatic rings. The fourth-order valence-corrected chi connectivity index (χ4v) is 3.87. The highest BCUT2D eigenvalue weighted by molar-refractivity contribution is 6.00. The van der Waals surface area contributed by atoms with E-state index in [-0.39, 0.29) is 5.92 Å². The second-order valence-corrected chi connectivity index (χ2v) is 6.67. The van der Waals surface area contributed by atoms with E-state index in [0.717, 1.165) is 31.6 Å². The Morgan fingerprint density at radius 2 is 1.52 bits per heavy atom. The van der Waals surface area contributed by atoms with Crippen molar-refractivity contribution in [3.8, 4) is 0 Å². The van der Waals surface area contributed by atoms with Crippen molar-refractivity contribution in [2.45, 2.75) is 13.0 Å². The number of hydrogen-bond acceptors (Lipinski definition) is 2. The Morgan fingerprint density at radius 1 is 0.870 bits per heavy atom. The summed E-state index contributed by atoms with van der Waals surface area (Å²) in [4.78, 5) is 15.1. The quantitative estimate of drug-likeness (QED) is 0.862. The first kappa shape index (κ1) is 14.4. The number of carbonyl (C=O) groups excluding carboxylic acids is 1. The first-order chi connectivity index (χ1) is 11.3. The Bertz CT molecular complexity index is 720. The molecule has 0 radical (unpaired) electrons. The summed E-state index contributed by atoms with van der Waals surface area (Å²) in [7, 11) is 0. The van der Waals surface area contributed by atoms with E-state index >= 15 is 0 Å². The molecular weight excluding hydrogens is 282 g/mol. The highest BCUT2D eigenvalue weighted by Gasteiger charge is 2.41. The Hall–Kier alpha value is -2.19. The van der Waals surface area contributed by atoms with Crippen LogP contribution in [0.4, 0.5) is 0 Å². The SMILES string of the molecule is O=C1C(Cc2ccccc2)=C[C@H]2CN(Cc3ccccc3)C[C@@H]12. The molecule has 1 saturated heterocycles. The molecule has 2 nitrogen and oxygen atoms in total. The zero-order chi connectivity index (χ0) is 15.6. The lowest BCUT2D eigenvalue weighted by atomic mass is 9.97. The number of allylic oxidation sites excluding steroid dienone is 1. The first-order valence-electron chi connectivity index (χ1n) is 8.35. The van der Waals surface area contributed by atoms with Crippen LogP contribution >= 0.6 is 0 Å². The van der Waals surface area contributed by atoms with Crippen molar-refractivity contribution in [2.24, 2.45) is 11.8 Å². The average Bonchev–Trinajstić information content (AvgIpc) is 3.09. The third-order valence-electron chi connectivity index (χ3n) is 5.00. The van der Waals surface area contributed by atoms with Crippen LogP contribution in [-0.4, -0.2) is 23.8 Å². The number of rotatable bonds is 4. The smallest absolute Gasteiger partial charge is 0.163 e. The van der Waals surface area contributed by atoms with Crippen molar-refractivity contribution in [3.63, 3.8) is 0 Å². The number of Topliss-reactive ketones (excluding diaryl/α,β-unsaturated/α-hetero) is 1. The Morgan fingerprint density at radius 3 is 2.17 bits per heavy atom. The molecule has 0 saturated carbocycles. The van der Waals surface area contributed by atoms with Gasteiger partial charge in [-0.15, -0.1) is 0 Å². The van der Waals surface area contributed by atoms with Gasteiger partial charge in [0.1, 0.15) is 0 Å². The summed E-state index contributed by atoms with van der Waals surface area (Å²) in [5.41, 5.74) is 3.58. The van der Waals surface area contributed by atoms with E-state index in [2.05, 4.69) is 47.4 Å². The van der Waals surface area contributed by atoms with Gasteiger partial charge in [0.25, 0.3) is 0 Å². The third-order valence-corrected chi connectivity index (χ3v) is 5.00. The molecule has 4 rings (SSSR count). The van der Waals surface area contributed by atoms with Gasteiger partial charge in [0, 0.05) is 37.9 Å². The highest BCUT2D eigenvalue weighted by atomic mass is 16.1. The second kappa shape index (κ2) is 6.13. The zero-order valence-electron chi connectivity index (χ0n) is 13.2. The summed E-state index contributed by atoms with van der Waals surface area (Å²) >= 11 is 0. The largest absolute Gasteiger partial charge is 0.298 e. The van der Waals surface area contributed by atoms with Gasteiger partial charge in [-0.05, 0) is 16.7 Å². The Labute approximate surface area is 137 Å². The van der Waals surface area contributed by atoms with E-state index in [1.807, 2.05) is 24.3 Å². The van der Waals surface area contributed by atoms with Gasteiger partial charge in [0.15, 0.2) is 5.78 Å². The predicted octanol–water partition coefficient (Wildman–Crippen LogP) is 3.49. The molecule has 1 heterocycles. The van der Waals surface area contributed by atoms with Crippen LogP contribution in [0.3, 0.4) is 0 Å². The van der Waals surface area contributed by atoms with Crippen LogP contribution in [0.15, 0.2) is 72.3 Å². The molecule has 2 atom stereocenters. The fourth-order valence-electron chi connectivity index (χ4n) is 3.87. The number of fused-ring (bicyclic) bond motifs is 1. The first-order valence-corrected chi connectivity index (χ1v) is 8.35. The van der Waals surface area contributed by atoms with E-state index in [4.69, 9.17) is 0 Å². The number of ketones is 1. The lowest BCUT2D eigenvalue weighted by Crippen LogP contribution is -2.23. The van der Waals surface area contributed by atoms with Crippen molar-refractivity contribution in [1.82, 2.24) is 4.90 Å². The van der Waals surface area contributed by atoms with Crippen LogP contribution in [0.2, 0.25) is 0 Å². The van der Waals surface area contributed by atoms with E-state index in [9.17, 15) is 4.79 Å². The van der Waals surface area contributed by atoms with Crippen LogP contribution in [0.25, 0.3) is 0 Å². The molecule has 1 fully saturated rings. The molecular formula is C21H21NO. The van der Waals surface area contributed by atoms with Gasteiger partial charge in [-0.2, -0.15) is 0 Å². The van der Waals surface area contributed by atoms with E-state index in [0.29, 0.717) is 11.7 Å². The molecule has 2 aromatic carbocycles. The van der Waals surface area contributed by atoms with Crippen LogP contribution < -0.4 is 0 Å². The predicted molar refractivity (Wildman–Crippen MR) is 91.9 cm³/mol. The van der Waals surface area contributed by atoms with Crippen LogP contribution in [0.1, 0.15) is 11.1 Å². The standard InChI is InChI=1S/C21H21NO/c23-21-18(11-16-7-3-1-4-8-16)12-19-14-22(15-20(19)21)13-17-9-5-2-6-10-17/h1-10,12,19-20H,11,13-15H2/t19-,20+/m0/s1. The number of carbonyl (C=O) groups is 1. The molecule has 2 heteroatoms. The van der Waals surface area contributed by atoms with Gasteiger partial charge in [-0.3, -0.25) is 9.69 Å². The van der Waals surface area contributed by atoms with Crippen LogP contribution in [0.5, 0.6) is 0 Å². The maximum absolute atomic E-state index is 12.7. The van der Waals surface area contributed by atoms with Gasteiger partial charge in [0.05, 0.1) is 0 Å². The summed E-state index contributed by atoms with van der Waals surface area (Å²) in [6.45, 7) is 2.85. The summed E-state index contributed by atoms with van der Waals surface area (Å²) in [6, 6.07) is 20.8. The Balaban J connectivity index is 1.43. The van der Waals surface area contributed by atoms with Crippen LogP contribution in [0, 0.1) is 11.8 Å². The van der Waals surface area contributed by atoms with Crippen molar-refractivity contribution < 1.29 is 4.79 Å². The Kier molecular flexibility index (Phi) is 3.84. The molecule has 0 spiro atoms. The number of benzene rings is 2. The lowest BCUT2D eigenvalue weighted by molar-refractivity contribution is -0.118. The van der Waals surface area contributed by atoms with Gasteiger partial charge < -0.3 is 0 Å². The summed E-state index contributed by atoms with van der Waals surface area (Å²) < 4.78 is 0. The topological polar surface area (TPSA) is 20.3 Å². The minimum absolute atomic E-state index is 0.178. The fraction of sp³-hybridized carbons (Fsp3) is 0.286. The minimum Gasteiger partial charge on any atom is -0.298 e. The molecule has 1 aliphatic carbocycles. The molecule has 2 aliphatic rings. The minimum atomic E-state index is 0.178. The second-order valence-electron chi connectivity index (χ2n) is 6.67. The maximum atomic E-state index is 12.7. The van der Waals surface area contributed by atoms with Crippen molar-refractivity contribution in [2.75, 3.05) is 13.1 Å². The molecule has 0 unspecified atom stereocenters. The van der Waals surface area contributed by atoms with Crippen molar-refractivity contribution in [3.05, 3.63) is 83.4 Å². The highest BCUT2D eigenvalue weighted by Crippen LogP contribution is 2.36. The molecule has 23 heavy (non-hydrogen) atoms. The number of likely N-dealkylation sites (tertiary alicyclic amines) is 1. The summed E-state index contributed by atoms with van der Waals surface area (Å²) in [6.07, 6.45) is 3.02. The van der Waals surface area contributed by atoms with Crippen LogP contribution in [-0.2, 0) is 17.8 Å². The molecule has 1 aliphatic heterocycles. The molecule has 0 amide bonds. The maximum Gasteiger partial charge on any atom is 0.163 e. The summed E-state index contributed by atoms with van der Waals surface area (Å²) in [5, 5.41) is 0.